The summed E-state index contributed by atoms with van der Waals surface area (Å²) in [6, 6.07) is 7.98. The Morgan fingerprint density at radius 1 is 1.20 bits per heavy atom. The molecule has 3 aliphatic rings. The van der Waals surface area contributed by atoms with Crippen LogP contribution in [-0.4, -0.2) is 71.9 Å². The van der Waals surface area contributed by atoms with Crippen LogP contribution in [0.4, 0.5) is 0 Å². The zero-order valence-electron chi connectivity index (χ0n) is 17.5. The van der Waals surface area contributed by atoms with Crippen molar-refractivity contribution in [3.05, 3.63) is 35.4 Å². The van der Waals surface area contributed by atoms with Gasteiger partial charge < -0.3 is 14.4 Å². The summed E-state index contributed by atoms with van der Waals surface area (Å²) in [6.45, 7) is 0. The van der Waals surface area contributed by atoms with E-state index in [0.29, 0.717) is 24.1 Å². The number of hydrogen-bond acceptors (Lipinski definition) is 7. The molecule has 1 amide bonds. The van der Waals surface area contributed by atoms with Crippen LogP contribution in [0.1, 0.15) is 24.0 Å². The summed E-state index contributed by atoms with van der Waals surface area (Å²) in [7, 11) is 3.19. The van der Waals surface area contributed by atoms with Crippen molar-refractivity contribution in [1.82, 2.24) is 10.2 Å². The second kappa shape index (κ2) is 10.0. The van der Waals surface area contributed by atoms with Crippen LogP contribution in [0.3, 0.4) is 0 Å². The third kappa shape index (κ3) is 4.58. The smallest absolute Gasteiger partial charge is 0.242 e. The van der Waals surface area contributed by atoms with Crippen molar-refractivity contribution in [3.63, 3.8) is 0 Å². The van der Waals surface area contributed by atoms with E-state index in [2.05, 4.69) is 29.6 Å². The average molecular weight is 451 g/mol. The van der Waals surface area contributed by atoms with E-state index in [1.165, 1.54) is 11.1 Å². The molecule has 1 aromatic carbocycles. The van der Waals surface area contributed by atoms with Gasteiger partial charge in [0, 0.05) is 32.3 Å². The van der Waals surface area contributed by atoms with Gasteiger partial charge in [-0.2, -0.15) is 0 Å². The fourth-order valence-corrected chi connectivity index (χ4v) is 7.13. The largest absolute Gasteiger partial charge is 0.354 e. The number of fused-ring (bicyclic) bond motifs is 1. The van der Waals surface area contributed by atoms with Crippen molar-refractivity contribution < 1.29 is 19.1 Å². The molecule has 2 saturated heterocycles. The highest BCUT2D eigenvalue weighted by Crippen LogP contribution is 2.33. The fraction of sp³-hybridized carbons (Fsp3) is 0.636. The number of ether oxygens (including phenoxy) is 2. The molecule has 3 atom stereocenters. The van der Waals surface area contributed by atoms with Gasteiger partial charge >= 0.3 is 0 Å². The number of thioether (sulfide) groups is 2. The number of Topliss-reactive ketones (excluding diaryl/α,β-unsaturated/α-hetero) is 1. The molecule has 1 aliphatic carbocycles. The first kappa shape index (κ1) is 22.1. The van der Waals surface area contributed by atoms with E-state index in [0.717, 1.165) is 25.0 Å². The van der Waals surface area contributed by atoms with Crippen LogP contribution in [0, 0.1) is 5.92 Å². The Labute approximate surface area is 186 Å². The van der Waals surface area contributed by atoms with E-state index >= 15 is 0 Å². The Balaban J connectivity index is 1.34. The van der Waals surface area contributed by atoms with Crippen molar-refractivity contribution in [2.75, 3.05) is 31.7 Å². The molecule has 164 valence electrons. The van der Waals surface area contributed by atoms with Crippen molar-refractivity contribution >= 4 is 35.2 Å². The predicted octanol–water partition coefficient (Wildman–Crippen LogP) is 2.30. The first-order valence-corrected chi connectivity index (χ1v) is 12.7. The van der Waals surface area contributed by atoms with Crippen LogP contribution in [0.5, 0.6) is 0 Å². The predicted molar refractivity (Wildman–Crippen MR) is 121 cm³/mol. The van der Waals surface area contributed by atoms with Gasteiger partial charge in [0.2, 0.25) is 5.91 Å². The van der Waals surface area contributed by atoms with Crippen LogP contribution in [-0.2, 0) is 31.9 Å². The molecule has 2 heterocycles. The monoisotopic (exact) mass is 450 g/mol. The van der Waals surface area contributed by atoms with Crippen LogP contribution in [0.25, 0.3) is 0 Å². The molecule has 8 heteroatoms. The molecular weight excluding hydrogens is 420 g/mol. The number of hydrogen-bond donors (Lipinski definition) is 1. The zero-order chi connectivity index (χ0) is 21.1. The standard InChI is InChI=1S/C22H30N2O4S2/c1-27-22(28-2)17-11-29-13-24(17)21(26)19-20(30-12-23-19)18(25)8-7-14-9-15-5-3-4-6-16(15)10-14/h3-6,14,17,19-20,22-23H,7-13H2,1-2H3/t17-,19-,20?/m0/s1. The van der Waals surface area contributed by atoms with Crippen molar-refractivity contribution in [1.29, 1.82) is 0 Å². The molecule has 1 aromatic rings. The second-order valence-electron chi connectivity index (χ2n) is 8.18. The van der Waals surface area contributed by atoms with Gasteiger partial charge in [-0.25, -0.2) is 0 Å². The molecule has 6 nitrogen and oxygen atoms in total. The van der Waals surface area contributed by atoms with Gasteiger partial charge in [-0.1, -0.05) is 24.3 Å². The lowest BCUT2D eigenvalue weighted by Crippen LogP contribution is -2.54. The summed E-state index contributed by atoms with van der Waals surface area (Å²) in [6.07, 6.45) is 3.10. The molecule has 0 bridgehead atoms. The number of nitrogens with zero attached hydrogens (tertiary/aromatic N) is 1. The summed E-state index contributed by atoms with van der Waals surface area (Å²) in [5.74, 6) is 2.72. The lowest BCUT2D eigenvalue weighted by atomic mass is 9.96. The van der Waals surface area contributed by atoms with Gasteiger partial charge in [-0.3, -0.25) is 14.9 Å². The summed E-state index contributed by atoms with van der Waals surface area (Å²) in [4.78, 5) is 28.2. The van der Waals surface area contributed by atoms with Gasteiger partial charge in [0.15, 0.2) is 6.29 Å². The number of carbonyl (C=O) groups is 2. The van der Waals surface area contributed by atoms with Gasteiger partial charge in [-0.05, 0) is 36.3 Å². The lowest BCUT2D eigenvalue weighted by molar-refractivity contribution is -0.157. The molecule has 2 fully saturated rings. The first-order chi connectivity index (χ1) is 14.6. The number of rotatable bonds is 8. The highest BCUT2D eigenvalue weighted by Gasteiger charge is 2.44. The minimum Gasteiger partial charge on any atom is -0.354 e. The maximum Gasteiger partial charge on any atom is 0.242 e. The fourth-order valence-electron chi connectivity index (χ4n) is 4.77. The van der Waals surface area contributed by atoms with Gasteiger partial charge in [-0.15, -0.1) is 23.5 Å². The summed E-state index contributed by atoms with van der Waals surface area (Å²) in [5, 5.41) is 2.95. The summed E-state index contributed by atoms with van der Waals surface area (Å²) >= 11 is 3.25. The molecule has 1 N–H and O–H groups in total. The Morgan fingerprint density at radius 3 is 2.57 bits per heavy atom. The molecular formula is C22H30N2O4S2. The van der Waals surface area contributed by atoms with Crippen LogP contribution in [0.2, 0.25) is 0 Å². The van der Waals surface area contributed by atoms with Crippen molar-refractivity contribution in [3.8, 4) is 0 Å². The third-order valence-electron chi connectivity index (χ3n) is 6.37. The molecule has 30 heavy (non-hydrogen) atoms. The molecule has 4 rings (SSSR count). The zero-order valence-corrected chi connectivity index (χ0v) is 19.2. The summed E-state index contributed by atoms with van der Waals surface area (Å²) < 4.78 is 10.8. The third-order valence-corrected chi connectivity index (χ3v) is 8.63. The van der Waals surface area contributed by atoms with Crippen molar-refractivity contribution in [2.24, 2.45) is 5.92 Å². The quantitative estimate of drug-likeness (QED) is 0.610. The average Bonchev–Trinajstić information content (AvgIpc) is 3.51. The Morgan fingerprint density at radius 2 is 1.90 bits per heavy atom. The maximum absolute atomic E-state index is 13.3. The minimum atomic E-state index is -0.459. The normalized spacial score (nSPS) is 26.5. The van der Waals surface area contributed by atoms with E-state index < -0.39 is 12.3 Å². The van der Waals surface area contributed by atoms with Gasteiger partial charge in [0.25, 0.3) is 0 Å². The maximum atomic E-state index is 13.3. The van der Waals surface area contributed by atoms with Gasteiger partial charge in [0.1, 0.15) is 11.8 Å². The second-order valence-corrected chi connectivity index (χ2v) is 10.3. The number of ketones is 1. The van der Waals surface area contributed by atoms with E-state index in [1.807, 2.05) is 4.90 Å². The molecule has 0 aromatic heterocycles. The Kier molecular flexibility index (Phi) is 7.41. The minimum absolute atomic E-state index is 0.0132. The first-order valence-electron chi connectivity index (χ1n) is 10.5. The van der Waals surface area contributed by atoms with Crippen LogP contribution in [0.15, 0.2) is 24.3 Å². The lowest BCUT2D eigenvalue weighted by Gasteiger charge is -2.31. The van der Waals surface area contributed by atoms with Crippen LogP contribution < -0.4 is 5.32 Å². The SMILES string of the molecule is COC(OC)[C@@H]1CSCN1C(=O)[C@H]1NCSC1C(=O)CCC1Cc2ccccc2C1. The van der Waals surface area contributed by atoms with E-state index in [9.17, 15) is 9.59 Å². The summed E-state index contributed by atoms with van der Waals surface area (Å²) in [5.41, 5.74) is 2.84. The number of nitrogens with one attached hydrogen (secondary N) is 1. The molecule has 2 aliphatic heterocycles. The number of amides is 1. The topological polar surface area (TPSA) is 67.9 Å². The molecule has 0 spiro atoms. The molecule has 1 unspecified atom stereocenters. The van der Waals surface area contributed by atoms with Crippen molar-refractivity contribution in [2.45, 2.75) is 49.3 Å². The van der Waals surface area contributed by atoms with Gasteiger partial charge in [0.05, 0.1) is 17.2 Å². The molecule has 0 radical (unpaired) electrons. The van der Waals surface area contributed by atoms with E-state index in [4.69, 9.17) is 9.47 Å². The number of carbonyl (C=O) groups excluding carboxylic acids is 2. The Hall–Kier alpha value is -1.06. The Bertz CT molecular complexity index is 748. The van der Waals surface area contributed by atoms with E-state index in [1.54, 1.807) is 37.7 Å². The van der Waals surface area contributed by atoms with Crippen LogP contribution >= 0.6 is 23.5 Å². The molecule has 0 saturated carbocycles. The number of benzene rings is 1. The highest BCUT2D eigenvalue weighted by molar-refractivity contribution is 8.01. The van der Waals surface area contributed by atoms with E-state index in [-0.39, 0.29) is 23.0 Å². The highest BCUT2D eigenvalue weighted by atomic mass is 32.2. The number of methoxy groups -OCH3 is 2.